The van der Waals surface area contributed by atoms with Crippen molar-refractivity contribution in [3.8, 4) is 5.75 Å². The van der Waals surface area contributed by atoms with E-state index in [0.29, 0.717) is 19.6 Å². The van der Waals surface area contributed by atoms with Crippen LogP contribution in [0, 0.1) is 5.82 Å². The lowest BCUT2D eigenvalue weighted by atomic mass is 10.1. The molecule has 2 aliphatic rings. The Morgan fingerprint density at radius 3 is 2.73 bits per heavy atom. The maximum Gasteiger partial charge on any atom is 0.341 e. The highest BCUT2D eigenvalue weighted by molar-refractivity contribution is 5.96. The number of nitrogens with one attached hydrogen (secondary N) is 1. The highest BCUT2D eigenvalue weighted by atomic mass is 19.1. The molecule has 1 aromatic heterocycles. The molecule has 0 bridgehead atoms. The summed E-state index contributed by atoms with van der Waals surface area (Å²) >= 11 is 0. The number of benzene rings is 1. The number of pyridine rings is 1. The second-order valence-electron chi connectivity index (χ2n) is 7.07. The summed E-state index contributed by atoms with van der Waals surface area (Å²) in [5.41, 5.74) is -0.864. The summed E-state index contributed by atoms with van der Waals surface area (Å²) in [6.07, 6.45) is 2.82. The van der Waals surface area contributed by atoms with E-state index in [1.54, 1.807) is 4.90 Å². The predicted molar refractivity (Wildman–Crippen MR) is 94.7 cm³/mol. The number of rotatable bonds is 3. The molecule has 3 N–H and O–H groups in total. The molecular weight excluding hydrogens is 341 g/mol. The first-order valence-electron chi connectivity index (χ1n) is 8.70. The van der Waals surface area contributed by atoms with Crippen molar-refractivity contribution in [2.24, 2.45) is 0 Å². The van der Waals surface area contributed by atoms with Crippen molar-refractivity contribution in [2.45, 2.75) is 31.8 Å². The molecule has 1 saturated carbocycles. The van der Waals surface area contributed by atoms with Crippen molar-refractivity contribution in [2.75, 3.05) is 24.5 Å². The molecule has 8 heteroatoms. The van der Waals surface area contributed by atoms with Crippen LogP contribution in [-0.2, 0) is 0 Å². The quantitative estimate of drug-likeness (QED) is 0.770. The number of aromatic carboxylic acids is 1. The summed E-state index contributed by atoms with van der Waals surface area (Å²) in [7, 11) is 0. The zero-order valence-corrected chi connectivity index (χ0v) is 14.3. The molecule has 1 aromatic carbocycles. The molecule has 1 aliphatic carbocycles. The zero-order valence-electron chi connectivity index (χ0n) is 14.3. The first-order chi connectivity index (χ1) is 12.4. The SMILES string of the molecule is CC1CN(c2cc3c(=O)c(C(=O)O)cn(C4CC4)c3c(O)c2F)CCN1. The Labute approximate surface area is 148 Å². The van der Waals surface area contributed by atoms with E-state index in [2.05, 4.69) is 5.32 Å². The van der Waals surface area contributed by atoms with Crippen LogP contribution in [0.4, 0.5) is 10.1 Å². The molecular formula is C18H20FN3O4. The predicted octanol–water partition coefficient (Wildman–Crippen LogP) is 1.68. The molecule has 1 unspecified atom stereocenters. The minimum absolute atomic E-state index is 0.0217. The molecule has 4 rings (SSSR count). The Bertz CT molecular complexity index is 967. The number of nitrogens with zero attached hydrogens (tertiary/aromatic N) is 2. The molecule has 1 saturated heterocycles. The lowest BCUT2D eigenvalue weighted by molar-refractivity contribution is 0.0695. The zero-order chi connectivity index (χ0) is 18.6. The highest BCUT2D eigenvalue weighted by Gasteiger charge is 2.30. The summed E-state index contributed by atoms with van der Waals surface area (Å²) in [4.78, 5) is 25.9. The third-order valence-corrected chi connectivity index (χ3v) is 5.09. The van der Waals surface area contributed by atoms with Gasteiger partial charge in [0.15, 0.2) is 11.6 Å². The fourth-order valence-electron chi connectivity index (χ4n) is 3.64. The van der Waals surface area contributed by atoms with Crippen LogP contribution in [0.25, 0.3) is 10.9 Å². The molecule has 138 valence electrons. The van der Waals surface area contributed by atoms with E-state index in [1.807, 2.05) is 6.92 Å². The Balaban J connectivity index is 1.99. The van der Waals surface area contributed by atoms with Gasteiger partial charge in [-0.1, -0.05) is 0 Å². The largest absolute Gasteiger partial charge is 0.503 e. The van der Waals surface area contributed by atoms with E-state index < -0.39 is 23.0 Å². The van der Waals surface area contributed by atoms with E-state index in [-0.39, 0.29) is 34.2 Å². The average molecular weight is 361 g/mol. The fraction of sp³-hybridized carbons (Fsp3) is 0.444. The van der Waals surface area contributed by atoms with Gasteiger partial charge in [0.1, 0.15) is 5.56 Å². The van der Waals surface area contributed by atoms with Crippen LogP contribution in [-0.4, -0.2) is 46.4 Å². The van der Waals surface area contributed by atoms with Gasteiger partial charge in [-0.3, -0.25) is 4.79 Å². The van der Waals surface area contributed by atoms with Gasteiger partial charge in [0.2, 0.25) is 5.43 Å². The minimum atomic E-state index is -1.33. The maximum absolute atomic E-state index is 15.0. The second kappa shape index (κ2) is 5.98. The number of hydrogen-bond acceptors (Lipinski definition) is 5. The van der Waals surface area contributed by atoms with E-state index in [1.165, 1.54) is 16.8 Å². The lowest BCUT2D eigenvalue weighted by Crippen LogP contribution is -2.49. The number of hydrogen-bond donors (Lipinski definition) is 3. The normalized spacial score (nSPS) is 20.5. The molecule has 2 heterocycles. The second-order valence-corrected chi connectivity index (χ2v) is 7.07. The third-order valence-electron chi connectivity index (χ3n) is 5.09. The summed E-state index contributed by atoms with van der Waals surface area (Å²) in [5, 5.41) is 23.2. The van der Waals surface area contributed by atoms with Crippen LogP contribution in [0.1, 0.15) is 36.2 Å². The number of carboxylic acid groups (broad SMARTS) is 1. The van der Waals surface area contributed by atoms with Crippen LogP contribution >= 0.6 is 0 Å². The Morgan fingerprint density at radius 2 is 2.12 bits per heavy atom. The van der Waals surface area contributed by atoms with Crippen LogP contribution in [0.15, 0.2) is 17.1 Å². The molecule has 7 nitrogen and oxygen atoms in total. The summed E-state index contributed by atoms with van der Waals surface area (Å²) < 4.78 is 16.5. The third kappa shape index (κ3) is 2.61. The lowest BCUT2D eigenvalue weighted by Gasteiger charge is -2.34. The number of fused-ring (bicyclic) bond motifs is 1. The number of anilines is 1. The smallest absolute Gasteiger partial charge is 0.341 e. The molecule has 2 aromatic rings. The van der Waals surface area contributed by atoms with Crippen molar-refractivity contribution in [3.05, 3.63) is 33.9 Å². The summed E-state index contributed by atoms with van der Waals surface area (Å²) in [6.45, 7) is 3.67. The number of piperazine rings is 1. The van der Waals surface area contributed by atoms with Gasteiger partial charge < -0.3 is 25.0 Å². The van der Waals surface area contributed by atoms with E-state index >= 15 is 0 Å². The molecule has 26 heavy (non-hydrogen) atoms. The highest BCUT2D eigenvalue weighted by Crippen LogP contribution is 2.41. The van der Waals surface area contributed by atoms with Crippen molar-refractivity contribution >= 4 is 22.6 Å². The number of carboxylic acids is 1. The fourth-order valence-corrected chi connectivity index (χ4v) is 3.64. The van der Waals surface area contributed by atoms with Gasteiger partial charge in [-0.05, 0) is 25.8 Å². The number of phenols is 1. The van der Waals surface area contributed by atoms with Gasteiger partial charge >= 0.3 is 5.97 Å². The van der Waals surface area contributed by atoms with E-state index in [0.717, 1.165) is 12.8 Å². The Morgan fingerprint density at radius 1 is 1.38 bits per heavy atom. The number of phenolic OH excluding ortho intramolecular Hbond substituents is 1. The molecule has 0 radical (unpaired) electrons. The maximum atomic E-state index is 15.0. The van der Waals surface area contributed by atoms with Gasteiger partial charge in [0.25, 0.3) is 0 Å². The standard InChI is InChI=1S/C18H20FN3O4/c1-9-7-21(5-4-20-9)13-6-11-15(17(24)14(13)19)22(10-2-3-10)8-12(16(11)23)18(25)26/h6,8-10,20,24H,2-5,7H2,1H3,(H,25,26). The van der Waals surface area contributed by atoms with Crippen LogP contribution in [0.3, 0.4) is 0 Å². The Hall–Kier alpha value is -2.61. The number of aromatic hydroxyl groups is 1. The summed E-state index contributed by atoms with van der Waals surface area (Å²) in [5.74, 6) is -2.69. The van der Waals surface area contributed by atoms with Crippen molar-refractivity contribution in [1.82, 2.24) is 9.88 Å². The first kappa shape index (κ1) is 16.8. The van der Waals surface area contributed by atoms with E-state index in [9.17, 15) is 24.2 Å². The monoisotopic (exact) mass is 361 g/mol. The molecule has 2 fully saturated rings. The summed E-state index contributed by atoms with van der Waals surface area (Å²) in [6, 6.07) is 1.50. The topological polar surface area (TPSA) is 94.8 Å². The van der Waals surface area contributed by atoms with E-state index in [4.69, 9.17) is 0 Å². The van der Waals surface area contributed by atoms with Crippen molar-refractivity contribution in [1.29, 1.82) is 0 Å². The van der Waals surface area contributed by atoms with Crippen molar-refractivity contribution in [3.63, 3.8) is 0 Å². The molecule has 1 aliphatic heterocycles. The number of aromatic nitrogens is 1. The Kier molecular flexibility index (Phi) is 3.87. The van der Waals surface area contributed by atoms with Crippen molar-refractivity contribution < 1.29 is 19.4 Å². The first-order valence-corrected chi connectivity index (χ1v) is 8.70. The van der Waals surface area contributed by atoms with Crippen LogP contribution in [0.2, 0.25) is 0 Å². The average Bonchev–Trinajstić information content (AvgIpc) is 3.43. The van der Waals surface area contributed by atoms with Crippen LogP contribution in [0.5, 0.6) is 5.75 Å². The molecule has 0 spiro atoms. The van der Waals surface area contributed by atoms with Gasteiger partial charge in [-0.15, -0.1) is 0 Å². The van der Waals surface area contributed by atoms with Gasteiger partial charge in [-0.2, -0.15) is 0 Å². The van der Waals surface area contributed by atoms with Gasteiger partial charge in [-0.25, -0.2) is 9.18 Å². The molecule has 0 amide bonds. The molecule has 1 atom stereocenters. The number of halogens is 1. The number of carbonyl (C=O) groups is 1. The minimum Gasteiger partial charge on any atom is -0.503 e. The van der Waals surface area contributed by atoms with Crippen LogP contribution < -0.4 is 15.6 Å². The van der Waals surface area contributed by atoms with Gasteiger partial charge in [0, 0.05) is 37.9 Å². The van der Waals surface area contributed by atoms with Gasteiger partial charge in [0.05, 0.1) is 16.6 Å².